The van der Waals surface area contributed by atoms with Crippen molar-refractivity contribution in [1.82, 2.24) is 0 Å². The lowest BCUT2D eigenvalue weighted by Crippen LogP contribution is -2.13. The quantitative estimate of drug-likeness (QED) is 0.406. The largest absolute Gasteiger partial charge is 0.480 e. The van der Waals surface area contributed by atoms with Crippen LogP contribution in [0.15, 0.2) is 12.7 Å². The molecule has 0 fully saturated rings. The molecule has 1 atom stereocenters. The molecule has 0 saturated carbocycles. The average molecular weight is 194 g/mol. The van der Waals surface area contributed by atoms with Crippen LogP contribution in [0.5, 0.6) is 0 Å². The van der Waals surface area contributed by atoms with Gasteiger partial charge in [-0.1, -0.05) is 30.1 Å². The molecule has 0 aromatic rings. The van der Waals surface area contributed by atoms with Crippen LogP contribution in [0.2, 0.25) is 0 Å². The normalized spacial score (nSPS) is 12.1. The van der Waals surface area contributed by atoms with Crippen molar-refractivity contribution in [2.24, 2.45) is 0 Å². The molecular formula is C5H6O2S3. The zero-order valence-electron chi connectivity index (χ0n) is 4.98. The van der Waals surface area contributed by atoms with Crippen molar-refractivity contribution in [3.05, 3.63) is 12.7 Å². The third-order valence-corrected chi connectivity index (χ3v) is 2.14. The predicted molar refractivity (Wildman–Crippen MR) is 50.8 cm³/mol. The maximum Gasteiger partial charge on any atom is 0.320 e. The maximum absolute atomic E-state index is 10.3. The molecule has 0 aliphatic rings. The topological polar surface area (TPSA) is 37.3 Å². The van der Waals surface area contributed by atoms with E-state index in [-0.39, 0.29) is 0 Å². The molecule has 0 bridgehead atoms. The fourth-order valence-corrected chi connectivity index (χ4v) is 1.37. The Morgan fingerprint density at radius 3 is 2.50 bits per heavy atom. The highest BCUT2D eigenvalue weighted by Crippen LogP contribution is 2.16. The van der Waals surface area contributed by atoms with Gasteiger partial charge in [-0.15, -0.1) is 19.2 Å². The van der Waals surface area contributed by atoms with Gasteiger partial charge in [0, 0.05) is 0 Å². The van der Waals surface area contributed by atoms with E-state index < -0.39 is 11.2 Å². The summed E-state index contributed by atoms with van der Waals surface area (Å²) in [5, 5.41) is 7.76. The fraction of sp³-hybridized carbons (Fsp3) is 0.200. The van der Waals surface area contributed by atoms with Crippen molar-refractivity contribution in [2.75, 3.05) is 0 Å². The molecule has 56 valence electrons. The molecular weight excluding hydrogens is 188 g/mol. The van der Waals surface area contributed by atoms with Gasteiger partial charge in [0.15, 0.2) is 0 Å². The van der Waals surface area contributed by atoms with Crippen LogP contribution in [-0.4, -0.2) is 19.9 Å². The number of thioether (sulfide) groups is 1. The summed E-state index contributed by atoms with van der Waals surface area (Å²) in [4.78, 5) is 10.3. The number of thiocarbonyl (C=S) groups is 1. The van der Waals surface area contributed by atoms with Crippen LogP contribution in [0.3, 0.4) is 0 Å². The molecule has 0 radical (unpaired) electrons. The molecule has 10 heavy (non-hydrogen) atoms. The highest BCUT2D eigenvalue weighted by Gasteiger charge is 2.13. The molecule has 5 heteroatoms. The molecule has 0 aliphatic carbocycles. The number of carbonyl (C=O) groups is 1. The Morgan fingerprint density at radius 1 is 1.90 bits per heavy atom. The molecule has 0 aromatic carbocycles. The highest BCUT2D eigenvalue weighted by molar-refractivity contribution is 8.42. The standard InChI is InChI=1S/C5H6O2S3/c1-2-3(4(6)7)10-5(8)9/h2-3H,1H2,(H,6,7)(H,8,9). The Bertz CT molecular complexity index is 166. The van der Waals surface area contributed by atoms with Crippen LogP contribution in [-0.2, 0) is 4.79 Å². The van der Waals surface area contributed by atoms with Gasteiger partial charge in [-0.25, -0.2) is 0 Å². The molecule has 0 heterocycles. The first-order valence-electron chi connectivity index (χ1n) is 2.33. The summed E-state index contributed by atoms with van der Waals surface area (Å²) in [5.74, 6) is -0.948. The summed E-state index contributed by atoms with van der Waals surface area (Å²) in [6.07, 6.45) is 1.32. The summed E-state index contributed by atoms with van der Waals surface area (Å²) in [5.41, 5.74) is 0. The van der Waals surface area contributed by atoms with Crippen LogP contribution in [0, 0.1) is 0 Å². The fourth-order valence-electron chi connectivity index (χ4n) is 0.308. The van der Waals surface area contributed by atoms with Crippen molar-refractivity contribution in [2.45, 2.75) is 5.25 Å². The second kappa shape index (κ2) is 4.76. The van der Waals surface area contributed by atoms with E-state index >= 15 is 0 Å². The van der Waals surface area contributed by atoms with Gasteiger partial charge in [0.25, 0.3) is 0 Å². The van der Waals surface area contributed by atoms with Gasteiger partial charge in [-0.2, -0.15) is 0 Å². The minimum atomic E-state index is -0.948. The number of rotatable bonds is 3. The van der Waals surface area contributed by atoms with E-state index in [1.165, 1.54) is 6.08 Å². The monoisotopic (exact) mass is 194 g/mol. The summed E-state index contributed by atoms with van der Waals surface area (Å²) in [7, 11) is 0. The van der Waals surface area contributed by atoms with Crippen molar-refractivity contribution < 1.29 is 9.90 Å². The van der Waals surface area contributed by atoms with Gasteiger partial charge in [-0.05, 0) is 0 Å². The third kappa shape index (κ3) is 3.92. The first-order chi connectivity index (χ1) is 4.57. The van der Waals surface area contributed by atoms with Crippen LogP contribution < -0.4 is 0 Å². The van der Waals surface area contributed by atoms with Crippen LogP contribution in [0.25, 0.3) is 0 Å². The van der Waals surface area contributed by atoms with Crippen molar-refractivity contribution in [3.8, 4) is 0 Å². The lowest BCUT2D eigenvalue weighted by molar-refractivity contribution is -0.135. The molecule has 0 spiro atoms. The van der Waals surface area contributed by atoms with Crippen molar-refractivity contribution in [3.63, 3.8) is 0 Å². The van der Waals surface area contributed by atoms with Gasteiger partial charge >= 0.3 is 5.97 Å². The molecule has 1 unspecified atom stereocenters. The molecule has 1 N–H and O–H groups in total. The number of carboxylic acid groups (broad SMARTS) is 1. The van der Waals surface area contributed by atoms with Crippen LogP contribution in [0.4, 0.5) is 0 Å². The summed E-state index contributed by atoms with van der Waals surface area (Å²) >= 11 is 9.33. The second-order valence-corrected chi connectivity index (χ2v) is 4.25. The van der Waals surface area contributed by atoms with Gasteiger partial charge in [-0.3, -0.25) is 4.79 Å². The SMILES string of the molecule is C=CC(SC(=S)S)C(=O)O. The Labute approximate surface area is 74.1 Å². The molecule has 0 aromatic heterocycles. The first kappa shape index (κ1) is 10.0. The minimum absolute atomic E-state index is 0.312. The van der Waals surface area contributed by atoms with Crippen molar-refractivity contribution >= 4 is 46.1 Å². The summed E-state index contributed by atoms with van der Waals surface area (Å²) < 4.78 is 0.312. The van der Waals surface area contributed by atoms with Gasteiger partial charge in [0.1, 0.15) is 8.78 Å². The van der Waals surface area contributed by atoms with E-state index in [1.807, 2.05) is 0 Å². The lowest BCUT2D eigenvalue weighted by Gasteiger charge is -2.02. The number of aliphatic carboxylic acids is 1. The number of carboxylic acids is 1. The second-order valence-electron chi connectivity index (χ2n) is 1.38. The van der Waals surface area contributed by atoms with E-state index in [1.54, 1.807) is 0 Å². The Morgan fingerprint density at radius 2 is 2.40 bits per heavy atom. The zero-order valence-corrected chi connectivity index (χ0v) is 7.51. The van der Waals surface area contributed by atoms with E-state index in [2.05, 4.69) is 31.4 Å². The van der Waals surface area contributed by atoms with Crippen LogP contribution >= 0.6 is 36.6 Å². The lowest BCUT2D eigenvalue weighted by atomic mass is 10.4. The van der Waals surface area contributed by atoms with E-state index in [0.717, 1.165) is 11.8 Å². The number of hydrogen-bond acceptors (Lipinski definition) is 3. The summed E-state index contributed by atoms with van der Waals surface area (Å²) in [6.45, 7) is 3.34. The maximum atomic E-state index is 10.3. The first-order valence-corrected chi connectivity index (χ1v) is 4.06. The Balaban J connectivity index is 3.96. The molecule has 0 aliphatic heterocycles. The van der Waals surface area contributed by atoms with E-state index in [4.69, 9.17) is 5.11 Å². The minimum Gasteiger partial charge on any atom is -0.480 e. The van der Waals surface area contributed by atoms with Gasteiger partial charge < -0.3 is 5.11 Å². The average Bonchev–Trinajstić information content (AvgIpc) is 1.81. The van der Waals surface area contributed by atoms with E-state index in [0.29, 0.717) is 3.53 Å². The predicted octanol–water partition coefficient (Wildman–Crippen LogP) is 1.57. The number of hydrogen-bond donors (Lipinski definition) is 2. The van der Waals surface area contributed by atoms with Gasteiger partial charge in [0.05, 0.1) is 0 Å². The molecule has 0 rings (SSSR count). The zero-order chi connectivity index (χ0) is 8.15. The molecule has 0 saturated heterocycles. The van der Waals surface area contributed by atoms with Crippen LogP contribution in [0.1, 0.15) is 0 Å². The van der Waals surface area contributed by atoms with E-state index in [9.17, 15) is 4.79 Å². The Kier molecular flexibility index (Phi) is 4.76. The Hall–Kier alpha value is -0.000000000000000111. The third-order valence-electron chi connectivity index (χ3n) is 0.685. The van der Waals surface area contributed by atoms with Crippen molar-refractivity contribution in [1.29, 1.82) is 0 Å². The molecule has 2 nitrogen and oxygen atoms in total. The highest BCUT2D eigenvalue weighted by atomic mass is 32.2. The number of thiol groups is 1. The molecule has 0 amide bonds. The van der Waals surface area contributed by atoms with Gasteiger partial charge in [0.2, 0.25) is 0 Å². The summed E-state index contributed by atoms with van der Waals surface area (Å²) in [6, 6.07) is 0. The smallest absolute Gasteiger partial charge is 0.320 e.